The molecule has 0 spiro atoms. The summed E-state index contributed by atoms with van der Waals surface area (Å²) >= 11 is 0. The summed E-state index contributed by atoms with van der Waals surface area (Å²) in [6, 6.07) is 25.0. The second-order valence-electron chi connectivity index (χ2n) is 7.92. The van der Waals surface area contributed by atoms with Gasteiger partial charge in [0.05, 0.1) is 34.6 Å². The molecule has 166 valence electrons. The van der Waals surface area contributed by atoms with Gasteiger partial charge < -0.3 is 10.0 Å². The van der Waals surface area contributed by atoms with Crippen LogP contribution >= 0.6 is 0 Å². The summed E-state index contributed by atoms with van der Waals surface area (Å²) in [5.74, 6) is -0.944. The zero-order chi connectivity index (χ0) is 23.4. The molecule has 0 aliphatic carbocycles. The van der Waals surface area contributed by atoms with Crippen molar-refractivity contribution in [3.63, 3.8) is 0 Å². The number of anilines is 2. The van der Waals surface area contributed by atoms with Gasteiger partial charge >= 0.3 is 5.97 Å². The Morgan fingerprint density at radius 1 is 1.03 bits per heavy atom. The summed E-state index contributed by atoms with van der Waals surface area (Å²) in [7, 11) is 0. The van der Waals surface area contributed by atoms with E-state index in [4.69, 9.17) is 10.4 Å². The molecule has 0 aromatic heterocycles. The van der Waals surface area contributed by atoms with Crippen molar-refractivity contribution in [2.45, 2.75) is 26.3 Å². The number of hydrogen-bond donors (Lipinski definition) is 1. The fourth-order valence-electron chi connectivity index (χ4n) is 4.17. The Kier molecular flexibility index (Phi) is 6.41. The van der Waals surface area contributed by atoms with E-state index in [0.29, 0.717) is 12.0 Å². The summed E-state index contributed by atoms with van der Waals surface area (Å²) in [6.45, 7) is 6.21. The van der Waals surface area contributed by atoms with E-state index >= 15 is 0 Å². The van der Waals surface area contributed by atoms with Gasteiger partial charge in [0.2, 0.25) is 0 Å². The number of aromatic carboxylic acids is 1. The minimum atomic E-state index is -0.944. The Balaban J connectivity index is 1.69. The van der Waals surface area contributed by atoms with Crippen molar-refractivity contribution < 1.29 is 9.90 Å². The molecular weight excluding hydrogens is 412 g/mol. The van der Waals surface area contributed by atoms with Gasteiger partial charge in [-0.25, -0.2) is 4.79 Å². The van der Waals surface area contributed by atoms with Gasteiger partial charge in [0.1, 0.15) is 0 Å². The Bertz CT molecular complexity index is 1190. The highest BCUT2D eigenvalue weighted by molar-refractivity contribution is 6.04. The van der Waals surface area contributed by atoms with Crippen LogP contribution in [0.3, 0.4) is 0 Å². The van der Waals surface area contributed by atoms with Gasteiger partial charge in [-0.2, -0.15) is 10.4 Å². The number of carbonyl (C=O) groups is 1. The predicted molar refractivity (Wildman–Crippen MR) is 131 cm³/mol. The van der Waals surface area contributed by atoms with Crippen LogP contribution in [0.5, 0.6) is 0 Å². The second kappa shape index (κ2) is 9.58. The smallest absolute Gasteiger partial charge is 0.335 e. The van der Waals surface area contributed by atoms with Crippen molar-refractivity contribution in [2.24, 2.45) is 5.10 Å². The third-order valence-electron chi connectivity index (χ3n) is 6.04. The fourth-order valence-corrected chi connectivity index (χ4v) is 4.17. The monoisotopic (exact) mass is 438 g/mol. The minimum Gasteiger partial charge on any atom is -0.478 e. The van der Waals surface area contributed by atoms with Crippen molar-refractivity contribution in [3.05, 3.63) is 95.1 Å². The van der Waals surface area contributed by atoms with E-state index in [1.54, 1.807) is 24.3 Å². The number of rotatable bonds is 7. The molecule has 6 nitrogen and oxygen atoms in total. The van der Waals surface area contributed by atoms with Gasteiger partial charge in [-0.3, -0.25) is 5.01 Å². The van der Waals surface area contributed by atoms with Crippen LogP contribution in [0.15, 0.2) is 77.9 Å². The van der Waals surface area contributed by atoms with E-state index < -0.39 is 5.97 Å². The molecule has 0 unspecified atom stereocenters. The van der Waals surface area contributed by atoms with Crippen LogP contribution in [0.25, 0.3) is 0 Å². The minimum absolute atomic E-state index is 0.00200. The second-order valence-corrected chi connectivity index (χ2v) is 7.92. The summed E-state index contributed by atoms with van der Waals surface area (Å²) in [6.07, 6.45) is 0.692. The third kappa shape index (κ3) is 4.58. The normalized spacial score (nSPS) is 15.1. The van der Waals surface area contributed by atoms with Crippen molar-refractivity contribution in [3.8, 4) is 6.07 Å². The quantitative estimate of drug-likeness (QED) is 0.530. The highest BCUT2D eigenvalue weighted by Crippen LogP contribution is 2.37. The van der Waals surface area contributed by atoms with Crippen LogP contribution in [0, 0.1) is 11.3 Å². The highest BCUT2D eigenvalue weighted by atomic mass is 16.4. The summed E-state index contributed by atoms with van der Waals surface area (Å²) < 4.78 is 0. The Labute approximate surface area is 194 Å². The van der Waals surface area contributed by atoms with Gasteiger partial charge in [0, 0.05) is 25.2 Å². The van der Waals surface area contributed by atoms with E-state index in [1.165, 1.54) is 5.69 Å². The Morgan fingerprint density at radius 2 is 1.67 bits per heavy atom. The number of nitrogens with zero attached hydrogens (tertiary/aromatic N) is 4. The van der Waals surface area contributed by atoms with Gasteiger partial charge in [-0.05, 0) is 73.5 Å². The first kappa shape index (κ1) is 22.1. The van der Waals surface area contributed by atoms with Crippen molar-refractivity contribution in [2.75, 3.05) is 23.0 Å². The molecular formula is C27H26N4O2. The topological polar surface area (TPSA) is 79.9 Å². The lowest BCUT2D eigenvalue weighted by atomic mass is 9.97. The molecule has 3 aromatic carbocycles. The average molecular weight is 439 g/mol. The number of carboxylic acids is 1. The molecule has 1 aliphatic heterocycles. The molecule has 6 heteroatoms. The van der Waals surface area contributed by atoms with E-state index in [-0.39, 0.29) is 11.6 Å². The molecule has 1 aliphatic rings. The molecule has 0 amide bonds. The largest absolute Gasteiger partial charge is 0.478 e. The molecule has 4 rings (SSSR count). The fraction of sp³-hybridized carbons (Fsp3) is 0.222. The molecule has 0 saturated carbocycles. The summed E-state index contributed by atoms with van der Waals surface area (Å²) in [5, 5.41) is 25.3. The SMILES string of the molecule is CCN(CC)c1ccc([C@@H]2CC(c3ccc(C(=O)O)cc3)=NN2c2ccc(C#N)cc2)cc1. The summed E-state index contributed by atoms with van der Waals surface area (Å²) in [4.78, 5) is 13.5. The van der Waals surface area contributed by atoms with Crippen LogP contribution in [0.1, 0.15) is 53.4 Å². The Morgan fingerprint density at radius 3 is 2.21 bits per heavy atom. The number of benzene rings is 3. The predicted octanol–water partition coefficient (Wildman–Crippen LogP) is 5.46. The van der Waals surface area contributed by atoms with E-state index in [0.717, 1.165) is 35.6 Å². The maximum atomic E-state index is 11.2. The first-order valence-electron chi connectivity index (χ1n) is 11.1. The van der Waals surface area contributed by atoms with Crippen molar-refractivity contribution >= 4 is 23.1 Å². The first-order chi connectivity index (χ1) is 16.0. The maximum absolute atomic E-state index is 11.2. The van der Waals surface area contributed by atoms with Crippen LogP contribution in [0.4, 0.5) is 11.4 Å². The lowest BCUT2D eigenvalue weighted by Crippen LogP contribution is -2.22. The highest BCUT2D eigenvalue weighted by Gasteiger charge is 2.30. The maximum Gasteiger partial charge on any atom is 0.335 e. The third-order valence-corrected chi connectivity index (χ3v) is 6.04. The average Bonchev–Trinajstić information content (AvgIpc) is 3.31. The van der Waals surface area contributed by atoms with Crippen LogP contribution in [-0.2, 0) is 0 Å². The van der Waals surface area contributed by atoms with Crippen molar-refractivity contribution in [1.29, 1.82) is 5.26 Å². The molecule has 0 radical (unpaired) electrons. The van der Waals surface area contributed by atoms with Crippen LogP contribution < -0.4 is 9.91 Å². The standard InChI is InChI=1S/C27H26N4O2/c1-3-30(4-2)23-15-11-21(12-16-23)26-17-25(20-7-9-22(10-8-20)27(32)33)29-31(26)24-13-5-19(18-28)6-14-24/h5-16,26H,3-4,17H2,1-2H3,(H,32,33)/t26-/m0/s1. The number of hydrogen-bond acceptors (Lipinski definition) is 5. The zero-order valence-corrected chi connectivity index (χ0v) is 18.8. The molecule has 1 N–H and O–H groups in total. The van der Waals surface area contributed by atoms with Crippen LogP contribution in [-0.4, -0.2) is 29.9 Å². The molecule has 0 saturated heterocycles. The number of nitriles is 1. The van der Waals surface area contributed by atoms with Gasteiger partial charge in [0.15, 0.2) is 0 Å². The Hall–Kier alpha value is -4.11. The molecule has 33 heavy (non-hydrogen) atoms. The van der Waals surface area contributed by atoms with Gasteiger partial charge in [-0.15, -0.1) is 0 Å². The zero-order valence-electron chi connectivity index (χ0n) is 18.8. The van der Waals surface area contributed by atoms with E-state index in [2.05, 4.69) is 49.1 Å². The van der Waals surface area contributed by atoms with E-state index in [1.807, 2.05) is 29.3 Å². The number of hydrazone groups is 1. The lowest BCUT2D eigenvalue weighted by Gasteiger charge is -2.25. The van der Waals surface area contributed by atoms with Gasteiger partial charge in [0.25, 0.3) is 0 Å². The first-order valence-corrected chi connectivity index (χ1v) is 11.1. The van der Waals surface area contributed by atoms with Gasteiger partial charge in [-0.1, -0.05) is 24.3 Å². The van der Waals surface area contributed by atoms with Crippen molar-refractivity contribution in [1.82, 2.24) is 0 Å². The number of carboxylic acid groups (broad SMARTS) is 1. The van der Waals surface area contributed by atoms with Crippen LogP contribution in [0.2, 0.25) is 0 Å². The molecule has 0 fully saturated rings. The molecule has 1 heterocycles. The molecule has 0 bridgehead atoms. The molecule has 3 aromatic rings. The summed E-state index contributed by atoms with van der Waals surface area (Å²) in [5.41, 5.74) is 5.91. The lowest BCUT2D eigenvalue weighted by molar-refractivity contribution is 0.0697. The van der Waals surface area contributed by atoms with E-state index in [9.17, 15) is 9.90 Å². The molecule has 1 atom stereocenters.